The summed E-state index contributed by atoms with van der Waals surface area (Å²) in [5, 5.41) is 0. The highest BCUT2D eigenvalue weighted by Gasteiger charge is 2.29. The molecule has 0 saturated heterocycles. The largest absolute Gasteiger partial charge is 0.206 e. The lowest BCUT2D eigenvalue weighted by Gasteiger charge is -2.37. The highest BCUT2D eigenvalue weighted by atomic mass is 19.1. The molecule has 3 aromatic rings. The van der Waals surface area contributed by atoms with Crippen molar-refractivity contribution >= 4 is 0 Å². The number of rotatable bonds is 9. The SMILES string of the molecule is C=CC1CCC(C2CCC(CCC)CC2)CC1.CCCc1ccc(-c2ccc(-c3ccc(CC)cc3)c(F)c2)cc1. The highest BCUT2D eigenvalue weighted by molar-refractivity contribution is 5.71. The molecule has 0 spiro atoms. The van der Waals surface area contributed by atoms with E-state index < -0.39 is 0 Å². The Balaban J connectivity index is 0.000000201. The van der Waals surface area contributed by atoms with Gasteiger partial charge in [-0.25, -0.2) is 4.39 Å². The van der Waals surface area contributed by atoms with Crippen LogP contribution in [0.1, 0.15) is 103 Å². The molecule has 0 N–H and O–H groups in total. The zero-order chi connectivity index (χ0) is 29.0. The Morgan fingerprint density at radius 1 is 0.659 bits per heavy atom. The molecule has 2 aliphatic carbocycles. The van der Waals surface area contributed by atoms with E-state index in [0.717, 1.165) is 59.6 Å². The van der Waals surface area contributed by atoms with Crippen LogP contribution in [0.5, 0.6) is 0 Å². The van der Waals surface area contributed by atoms with Crippen LogP contribution in [-0.4, -0.2) is 0 Å². The first-order valence-electron chi connectivity index (χ1n) is 16.6. The minimum absolute atomic E-state index is 0.172. The van der Waals surface area contributed by atoms with E-state index >= 15 is 0 Å². The first-order valence-corrected chi connectivity index (χ1v) is 16.6. The lowest BCUT2D eigenvalue weighted by Crippen LogP contribution is -2.25. The third-order valence-corrected chi connectivity index (χ3v) is 9.87. The van der Waals surface area contributed by atoms with Gasteiger partial charge in [0.05, 0.1) is 0 Å². The minimum Gasteiger partial charge on any atom is -0.206 e. The molecule has 1 heteroatoms. The number of hydrogen-bond donors (Lipinski definition) is 0. The van der Waals surface area contributed by atoms with Gasteiger partial charge in [-0.2, -0.15) is 0 Å². The van der Waals surface area contributed by atoms with E-state index in [4.69, 9.17) is 0 Å². The second kappa shape index (κ2) is 16.1. The van der Waals surface area contributed by atoms with Gasteiger partial charge in [0.25, 0.3) is 0 Å². The maximum Gasteiger partial charge on any atom is 0.131 e. The van der Waals surface area contributed by atoms with Gasteiger partial charge in [-0.05, 0) is 109 Å². The number of benzene rings is 3. The molecular formula is C40H53F. The van der Waals surface area contributed by atoms with Gasteiger partial charge in [0.1, 0.15) is 5.82 Å². The van der Waals surface area contributed by atoms with Crippen LogP contribution >= 0.6 is 0 Å². The number of halogens is 1. The molecule has 0 nitrogen and oxygen atoms in total. The van der Waals surface area contributed by atoms with Crippen molar-refractivity contribution in [2.45, 2.75) is 104 Å². The maximum atomic E-state index is 14.6. The van der Waals surface area contributed by atoms with E-state index in [1.807, 2.05) is 24.3 Å². The van der Waals surface area contributed by atoms with Gasteiger partial charge in [-0.3, -0.25) is 0 Å². The number of allylic oxidation sites excluding steroid dienone is 1. The summed E-state index contributed by atoms with van der Waals surface area (Å²) in [6.07, 6.45) is 20.2. The predicted molar refractivity (Wildman–Crippen MR) is 177 cm³/mol. The lowest BCUT2D eigenvalue weighted by molar-refractivity contribution is 0.152. The zero-order valence-electron chi connectivity index (χ0n) is 26.0. The van der Waals surface area contributed by atoms with Gasteiger partial charge in [0.2, 0.25) is 0 Å². The molecule has 0 radical (unpaired) electrons. The molecule has 0 bridgehead atoms. The Morgan fingerprint density at radius 3 is 1.76 bits per heavy atom. The van der Waals surface area contributed by atoms with Crippen LogP contribution in [0, 0.1) is 29.5 Å². The quantitative estimate of drug-likeness (QED) is 0.232. The summed E-state index contributed by atoms with van der Waals surface area (Å²) in [4.78, 5) is 0. The number of aryl methyl sites for hydroxylation is 2. The van der Waals surface area contributed by atoms with Crippen molar-refractivity contribution in [2.75, 3.05) is 0 Å². The average molecular weight is 553 g/mol. The van der Waals surface area contributed by atoms with Gasteiger partial charge in [0, 0.05) is 5.56 Å². The molecule has 220 valence electrons. The summed E-state index contributed by atoms with van der Waals surface area (Å²) in [5.41, 5.74) is 6.15. The van der Waals surface area contributed by atoms with Gasteiger partial charge in [-0.1, -0.05) is 120 Å². The van der Waals surface area contributed by atoms with Crippen molar-refractivity contribution in [1.29, 1.82) is 0 Å². The molecule has 2 saturated carbocycles. The molecule has 2 fully saturated rings. The molecule has 41 heavy (non-hydrogen) atoms. The molecule has 2 aliphatic rings. The first-order chi connectivity index (χ1) is 20.0. The minimum atomic E-state index is -0.172. The van der Waals surface area contributed by atoms with E-state index in [1.54, 1.807) is 6.07 Å². The summed E-state index contributed by atoms with van der Waals surface area (Å²) in [7, 11) is 0. The predicted octanol–water partition coefficient (Wildman–Crippen LogP) is 12.3. The topological polar surface area (TPSA) is 0 Å². The number of hydrogen-bond acceptors (Lipinski definition) is 0. The molecule has 0 unspecified atom stereocenters. The first kappa shape index (κ1) is 31.3. The van der Waals surface area contributed by atoms with Crippen molar-refractivity contribution in [1.82, 2.24) is 0 Å². The van der Waals surface area contributed by atoms with E-state index in [-0.39, 0.29) is 5.82 Å². The summed E-state index contributed by atoms with van der Waals surface area (Å²) >= 11 is 0. The van der Waals surface area contributed by atoms with Crippen molar-refractivity contribution in [3.63, 3.8) is 0 Å². The third-order valence-electron chi connectivity index (χ3n) is 9.87. The molecule has 3 aromatic carbocycles. The van der Waals surface area contributed by atoms with E-state index in [1.165, 1.54) is 75.3 Å². The van der Waals surface area contributed by atoms with Gasteiger partial charge in [-0.15, -0.1) is 6.58 Å². The highest BCUT2D eigenvalue weighted by Crippen LogP contribution is 2.42. The van der Waals surface area contributed by atoms with Gasteiger partial charge < -0.3 is 0 Å². The Morgan fingerprint density at radius 2 is 1.22 bits per heavy atom. The van der Waals surface area contributed by atoms with Crippen LogP contribution in [0.3, 0.4) is 0 Å². The average Bonchev–Trinajstić information content (AvgIpc) is 3.03. The van der Waals surface area contributed by atoms with Crippen LogP contribution < -0.4 is 0 Å². The van der Waals surface area contributed by atoms with Gasteiger partial charge >= 0.3 is 0 Å². The van der Waals surface area contributed by atoms with E-state index in [0.29, 0.717) is 5.56 Å². The zero-order valence-corrected chi connectivity index (χ0v) is 26.0. The van der Waals surface area contributed by atoms with Gasteiger partial charge in [0.15, 0.2) is 0 Å². The second-order valence-electron chi connectivity index (χ2n) is 12.7. The summed E-state index contributed by atoms with van der Waals surface area (Å²) < 4.78 is 14.6. The van der Waals surface area contributed by atoms with E-state index in [2.05, 4.69) is 69.8 Å². The Labute approximate surface area is 250 Å². The summed E-state index contributed by atoms with van der Waals surface area (Å²) in [6, 6.07) is 22.1. The van der Waals surface area contributed by atoms with Crippen LogP contribution in [0.25, 0.3) is 22.3 Å². The molecule has 0 atom stereocenters. The fourth-order valence-corrected chi connectivity index (χ4v) is 7.21. The standard InChI is InChI=1S/C23H23F.C17H30/c1-3-5-18-8-10-19(11-9-18)21-14-15-22(23(24)16-21)20-12-6-17(4-2)7-13-20;1-3-5-15-8-12-17(13-9-15)16-10-6-14(4-2)7-11-16/h6-16H,3-5H2,1-2H3;4,14-17H,2-3,5-13H2,1H3. The van der Waals surface area contributed by atoms with Crippen LogP contribution in [-0.2, 0) is 12.8 Å². The van der Waals surface area contributed by atoms with Crippen LogP contribution in [0.15, 0.2) is 79.4 Å². The molecule has 0 aromatic heterocycles. The Hall–Kier alpha value is -2.67. The van der Waals surface area contributed by atoms with Crippen molar-refractivity contribution in [3.05, 3.63) is 96.3 Å². The smallest absolute Gasteiger partial charge is 0.131 e. The molecule has 0 heterocycles. The van der Waals surface area contributed by atoms with Crippen molar-refractivity contribution < 1.29 is 4.39 Å². The summed E-state index contributed by atoms with van der Waals surface area (Å²) in [6.45, 7) is 10.6. The van der Waals surface area contributed by atoms with Crippen molar-refractivity contribution in [3.8, 4) is 22.3 Å². The Kier molecular flexibility index (Phi) is 12.3. The maximum absolute atomic E-state index is 14.6. The van der Waals surface area contributed by atoms with Crippen LogP contribution in [0.2, 0.25) is 0 Å². The van der Waals surface area contributed by atoms with Crippen molar-refractivity contribution in [2.24, 2.45) is 23.7 Å². The third kappa shape index (κ3) is 8.91. The molecule has 0 amide bonds. The Bertz CT molecular complexity index is 1170. The molecular weight excluding hydrogens is 499 g/mol. The second-order valence-corrected chi connectivity index (χ2v) is 12.7. The normalized spacial score (nSPS) is 22.4. The fourth-order valence-electron chi connectivity index (χ4n) is 7.21. The monoisotopic (exact) mass is 552 g/mol. The molecule has 0 aliphatic heterocycles. The molecule has 5 rings (SSSR count). The fraction of sp³-hybridized carbons (Fsp3) is 0.500. The lowest BCUT2D eigenvalue weighted by atomic mass is 9.69. The summed E-state index contributed by atoms with van der Waals surface area (Å²) in [5.74, 6) is 3.88. The van der Waals surface area contributed by atoms with Crippen LogP contribution in [0.4, 0.5) is 4.39 Å². The van der Waals surface area contributed by atoms with E-state index in [9.17, 15) is 4.39 Å².